The average Bonchev–Trinajstić information content (AvgIpc) is 3.28. The topological polar surface area (TPSA) is 75.2 Å². The molecule has 3 aromatic rings. The number of benzene rings is 1. The fourth-order valence-electron chi connectivity index (χ4n) is 4.09. The van der Waals surface area contributed by atoms with Crippen LogP contribution in [0.25, 0.3) is 10.9 Å². The van der Waals surface area contributed by atoms with E-state index in [1.54, 1.807) is 6.20 Å². The molecule has 0 spiro atoms. The van der Waals surface area contributed by atoms with Gasteiger partial charge in [-0.1, -0.05) is 30.3 Å². The molecule has 150 valence electrons. The number of anilines is 2. The van der Waals surface area contributed by atoms with Gasteiger partial charge in [0.05, 0.1) is 24.4 Å². The molecule has 2 N–H and O–H groups in total. The summed E-state index contributed by atoms with van der Waals surface area (Å²) in [4.78, 5) is 16.2. The zero-order chi connectivity index (χ0) is 19.5. The molecule has 2 atom stereocenters. The van der Waals surface area contributed by atoms with Gasteiger partial charge in [0.25, 0.3) is 0 Å². The fraction of sp³-hybridized carbons (Fsp3) is 0.409. The Balaban J connectivity index is 1.40. The number of hydrogen-bond acceptors (Lipinski definition) is 7. The lowest BCUT2D eigenvalue weighted by Crippen LogP contribution is -2.44. The van der Waals surface area contributed by atoms with Crippen LogP contribution >= 0.6 is 0 Å². The second-order valence-corrected chi connectivity index (χ2v) is 7.73. The summed E-state index contributed by atoms with van der Waals surface area (Å²) < 4.78 is 6.03. The smallest absolute Gasteiger partial charge is 0.228 e. The normalized spacial score (nSPS) is 22.1. The lowest BCUT2D eigenvalue weighted by molar-refractivity contribution is 0.0405. The Labute approximate surface area is 170 Å². The van der Waals surface area contributed by atoms with E-state index in [0.717, 1.165) is 61.7 Å². The van der Waals surface area contributed by atoms with Crippen molar-refractivity contribution in [2.45, 2.75) is 25.0 Å². The summed E-state index contributed by atoms with van der Waals surface area (Å²) in [5.41, 5.74) is 2.16. The number of nitrogens with one attached hydrogen (secondary N) is 2. The van der Waals surface area contributed by atoms with Gasteiger partial charge in [-0.3, -0.25) is 4.98 Å². The molecule has 0 bridgehead atoms. The highest BCUT2D eigenvalue weighted by Crippen LogP contribution is 2.25. The van der Waals surface area contributed by atoms with Gasteiger partial charge in [-0.25, -0.2) is 4.98 Å². The van der Waals surface area contributed by atoms with Crippen molar-refractivity contribution in [3.8, 4) is 0 Å². The summed E-state index contributed by atoms with van der Waals surface area (Å²) >= 11 is 0. The van der Waals surface area contributed by atoms with Crippen LogP contribution in [0.2, 0.25) is 0 Å². The van der Waals surface area contributed by atoms with Crippen LogP contribution in [0.1, 0.15) is 12.0 Å². The number of rotatable bonds is 5. The van der Waals surface area contributed by atoms with Gasteiger partial charge < -0.3 is 20.3 Å². The minimum Gasteiger partial charge on any atom is -0.374 e. The monoisotopic (exact) mass is 390 g/mol. The van der Waals surface area contributed by atoms with Crippen molar-refractivity contribution in [3.63, 3.8) is 0 Å². The second kappa shape index (κ2) is 8.31. The summed E-state index contributed by atoms with van der Waals surface area (Å²) in [7, 11) is 0. The largest absolute Gasteiger partial charge is 0.374 e. The van der Waals surface area contributed by atoms with Crippen molar-refractivity contribution < 1.29 is 4.74 Å². The maximum atomic E-state index is 6.03. The maximum Gasteiger partial charge on any atom is 0.228 e. The van der Waals surface area contributed by atoms with Gasteiger partial charge in [0.15, 0.2) is 0 Å². The van der Waals surface area contributed by atoms with Gasteiger partial charge in [-0.05, 0) is 24.6 Å². The van der Waals surface area contributed by atoms with Crippen LogP contribution in [0.4, 0.5) is 11.8 Å². The van der Waals surface area contributed by atoms with E-state index in [4.69, 9.17) is 14.7 Å². The van der Waals surface area contributed by atoms with E-state index in [0.29, 0.717) is 12.6 Å². The van der Waals surface area contributed by atoms with Crippen LogP contribution in [0, 0.1) is 0 Å². The van der Waals surface area contributed by atoms with Crippen LogP contribution in [0.5, 0.6) is 0 Å². The predicted molar refractivity (Wildman–Crippen MR) is 114 cm³/mol. The number of nitrogens with zero attached hydrogens (tertiary/aromatic N) is 4. The van der Waals surface area contributed by atoms with E-state index < -0.39 is 0 Å². The van der Waals surface area contributed by atoms with Gasteiger partial charge in [0.1, 0.15) is 5.82 Å². The third-order valence-electron chi connectivity index (χ3n) is 5.62. The van der Waals surface area contributed by atoms with E-state index in [-0.39, 0.29) is 6.10 Å². The molecule has 2 aliphatic rings. The van der Waals surface area contributed by atoms with E-state index in [1.165, 1.54) is 5.56 Å². The Bertz CT molecular complexity index is 960. The minimum absolute atomic E-state index is 0.134. The first-order chi connectivity index (χ1) is 14.3. The van der Waals surface area contributed by atoms with Gasteiger partial charge >= 0.3 is 0 Å². The molecule has 0 aliphatic carbocycles. The summed E-state index contributed by atoms with van der Waals surface area (Å²) in [6.07, 6.45) is 5.75. The SMILES string of the molecule is c1ccc(CC2CN(c3nc(NC4CCNC4)c4ccncc4n3)CCO2)cc1. The zero-order valence-electron chi connectivity index (χ0n) is 16.4. The van der Waals surface area contributed by atoms with E-state index in [9.17, 15) is 0 Å². The molecule has 7 heteroatoms. The van der Waals surface area contributed by atoms with Gasteiger partial charge in [0.2, 0.25) is 5.95 Å². The number of pyridine rings is 1. The Kier molecular flexibility index (Phi) is 5.23. The fourth-order valence-corrected chi connectivity index (χ4v) is 4.09. The number of aromatic nitrogens is 3. The highest BCUT2D eigenvalue weighted by Gasteiger charge is 2.24. The van der Waals surface area contributed by atoms with Crippen LogP contribution in [0.3, 0.4) is 0 Å². The zero-order valence-corrected chi connectivity index (χ0v) is 16.4. The van der Waals surface area contributed by atoms with Gasteiger partial charge in [0, 0.05) is 43.7 Å². The van der Waals surface area contributed by atoms with Gasteiger partial charge in [-0.15, -0.1) is 0 Å². The predicted octanol–water partition coefficient (Wildman–Crippen LogP) is 2.25. The molecule has 0 amide bonds. The van der Waals surface area contributed by atoms with Crippen LogP contribution < -0.4 is 15.5 Å². The van der Waals surface area contributed by atoms with Crippen LogP contribution in [0.15, 0.2) is 48.8 Å². The van der Waals surface area contributed by atoms with Crippen molar-refractivity contribution in [3.05, 3.63) is 54.4 Å². The first-order valence-corrected chi connectivity index (χ1v) is 10.3. The highest BCUT2D eigenvalue weighted by atomic mass is 16.5. The second-order valence-electron chi connectivity index (χ2n) is 7.73. The third kappa shape index (κ3) is 4.16. The average molecular weight is 390 g/mol. The van der Waals surface area contributed by atoms with Crippen molar-refractivity contribution >= 4 is 22.7 Å². The molecule has 2 fully saturated rings. The minimum atomic E-state index is 0.134. The maximum absolute atomic E-state index is 6.03. The van der Waals surface area contributed by atoms with Gasteiger partial charge in [-0.2, -0.15) is 4.98 Å². The molecule has 4 heterocycles. The standard InChI is InChI=1S/C22H26N6O/c1-2-4-16(5-3-1)12-18-15-28(10-11-29-18)22-26-20-14-24-9-7-19(20)21(27-22)25-17-6-8-23-13-17/h1-5,7,9,14,17-18,23H,6,8,10-13,15H2,(H,25,26,27). The molecule has 5 rings (SSSR count). The molecular weight excluding hydrogens is 364 g/mol. The van der Waals surface area contributed by atoms with E-state index in [1.807, 2.05) is 18.3 Å². The van der Waals surface area contributed by atoms with E-state index in [2.05, 4.69) is 44.8 Å². The first kappa shape index (κ1) is 18.3. The molecule has 1 aromatic carbocycles. The molecule has 2 aromatic heterocycles. The summed E-state index contributed by atoms with van der Waals surface area (Å²) in [5, 5.41) is 8.04. The molecule has 29 heavy (non-hydrogen) atoms. The van der Waals surface area contributed by atoms with Crippen molar-refractivity contribution in [1.82, 2.24) is 20.3 Å². The van der Waals surface area contributed by atoms with Crippen LogP contribution in [-0.2, 0) is 11.2 Å². The molecule has 2 aliphatic heterocycles. The third-order valence-corrected chi connectivity index (χ3v) is 5.62. The summed E-state index contributed by atoms with van der Waals surface area (Å²) in [5.74, 6) is 1.65. The number of hydrogen-bond donors (Lipinski definition) is 2. The lowest BCUT2D eigenvalue weighted by Gasteiger charge is -2.33. The molecule has 2 saturated heterocycles. The molecule has 0 radical (unpaired) electrons. The number of fused-ring (bicyclic) bond motifs is 1. The summed E-state index contributed by atoms with van der Waals surface area (Å²) in [6, 6.07) is 12.9. The lowest BCUT2D eigenvalue weighted by atomic mass is 10.1. The molecule has 0 saturated carbocycles. The summed E-state index contributed by atoms with van der Waals surface area (Å²) in [6.45, 7) is 4.26. The van der Waals surface area contributed by atoms with Crippen molar-refractivity contribution in [1.29, 1.82) is 0 Å². The Morgan fingerprint density at radius 3 is 2.97 bits per heavy atom. The molecule has 2 unspecified atom stereocenters. The van der Waals surface area contributed by atoms with E-state index >= 15 is 0 Å². The molecular formula is C22H26N6O. The highest BCUT2D eigenvalue weighted by molar-refractivity contribution is 5.89. The van der Waals surface area contributed by atoms with Crippen molar-refractivity contribution in [2.24, 2.45) is 0 Å². The number of morpholine rings is 1. The Hall–Kier alpha value is -2.77. The van der Waals surface area contributed by atoms with Crippen molar-refractivity contribution in [2.75, 3.05) is 43.0 Å². The Morgan fingerprint density at radius 2 is 2.10 bits per heavy atom. The first-order valence-electron chi connectivity index (χ1n) is 10.3. The van der Waals surface area contributed by atoms with Crippen LogP contribution in [-0.4, -0.2) is 59.9 Å². The number of ether oxygens (including phenoxy) is 1. The Morgan fingerprint density at radius 1 is 1.17 bits per heavy atom. The molecule has 7 nitrogen and oxygen atoms in total. The quantitative estimate of drug-likeness (QED) is 0.692.